The molecule has 0 bridgehead atoms. The third-order valence-electron chi connectivity index (χ3n) is 1.77. The summed E-state index contributed by atoms with van der Waals surface area (Å²) in [6.45, 7) is 0. The molecule has 0 saturated carbocycles. The van der Waals surface area contributed by atoms with E-state index in [2.05, 4.69) is 10.2 Å². The molecule has 0 unspecified atom stereocenters. The highest BCUT2D eigenvalue weighted by Crippen LogP contribution is 2.19. The molecule has 0 radical (unpaired) electrons. The van der Waals surface area contributed by atoms with Crippen molar-refractivity contribution in [3.8, 4) is 0 Å². The summed E-state index contributed by atoms with van der Waals surface area (Å²) < 4.78 is 0. The van der Waals surface area contributed by atoms with Crippen LogP contribution in [0.2, 0.25) is 5.02 Å². The Hall–Kier alpha value is -1.39. The van der Waals surface area contributed by atoms with Crippen LogP contribution in [0.1, 0.15) is 10.6 Å². The lowest BCUT2D eigenvalue weighted by atomic mass is 10.2. The highest BCUT2D eigenvalue weighted by atomic mass is 35.5. The van der Waals surface area contributed by atoms with Crippen molar-refractivity contribution >= 4 is 40.2 Å². The summed E-state index contributed by atoms with van der Waals surface area (Å²) in [6, 6.07) is 7.60. The third-order valence-corrected chi connectivity index (χ3v) is 2.83. The smallest absolute Gasteiger partial charge is 0.203 e. The molecule has 0 aliphatic carbocycles. The average Bonchev–Trinajstić information content (AvgIpc) is 2.63. The summed E-state index contributed by atoms with van der Waals surface area (Å²) in [4.78, 5) is 0. The van der Waals surface area contributed by atoms with Gasteiger partial charge in [-0.3, -0.25) is 0 Å². The summed E-state index contributed by atoms with van der Waals surface area (Å²) in [7, 11) is 0. The molecule has 0 aliphatic rings. The van der Waals surface area contributed by atoms with Crippen LogP contribution in [0.25, 0.3) is 12.2 Å². The van der Waals surface area contributed by atoms with Gasteiger partial charge in [0.2, 0.25) is 5.13 Å². The molecule has 0 saturated heterocycles. The van der Waals surface area contributed by atoms with Crippen LogP contribution in [0, 0.1) is 0 Å². The number of hydrogen-bond donors (Lipinski definition) is 1. The number of anilines is 1. The third kappa shape index (κ3) is 2.55. The zero-order chi connectivity index (χ0) is 10.7. The summed E-state index contributed by atoms with van der Waals surface area (Å²) in [6.07, 6.45) is 3.73. The number of nitrogens with two attached hydrogens (primary N) is 1. The van der Waals surface area contributed by atoms with E-state index < -0.39 is 0 Å². The van der Waals surface area contributed by atoms with Gasteiger partial charge in [0, 0.05) is 5.02 Å². The fourth-order valence-corrected chi connectivity index (χ4v) is 1.80. The maximum Gasteiger partial charge on any atom is 0.203 e. The van der Waals surface area contributed by atoms with E-state index >= 15 is 0 Å². The number of nitrogen functional groups attached to an aromatic ring is 1. The van der Waals surface area contributed by atoms with E-state index in [9.17, 15) is 0 Å². The Labute approximate surface area is 96.2 Å². The molecule has 0 amide bonds. The Morgan fingerprint density at radius 3 is 2.67 bits per heavy atom. The summed E-state index contributed by atoms with van der Waals surface area (Å²) >= 11 is 7.33. The Balaban J connectivity index is 2.22. The summed E-state index contributed by atoms with van der Waals surface area (Å²) in [5, 5.41) is 9.54. The van der Waals surface area contributed by atoms with Gasteiger partial charge in [0.1, 0.15) is 5.01 Å². The number of benzene rings is 1. The van der Waals surface area contributed by atoms with Crippen molar-refractivity contribution < 1.29 is 0 Å². The summed E-state index contributed by atoms with van der Waals surface area (Å²) in [5.74, 6) is 0. The predicted molar refractivity (Wildman–Crippen MR) is 64.7 cm³/mol. The highest BCUT2D eigenvalue weighted by Gasteiger charge is 1.97. The van der Waals surface area contributed by atoms with E-state index in [4.69, 9.17) is 17.3 Å². The van der Waals surface area contributed by atoms with Crippen molar-refractivity contribution in [1.82, 2.24) is 10.2 Å². The zero-order valence-electron chi connectivity index (χ0n) is 7.72. The van der Waals surface area contributed by atoms with Gasteiger partial charge in [-0.1, -0.05) is 47.2 Å². The Morgan fingerprint density at radius 1 is 1.20 bits per heavy atom. The molecule has 3 nitrogen and oxygen atoms in total. The normalized spacial score (nSPS) is 11.0. The number of halogens is 1. The van der Waals surface area contributed by atoms with Gasteiger partial charge in [0.25, 0.3) is 0 Å². The van der Waals surface area contributed by atoms with Crippen molar-refractivity contribution in [3.05, 3.63) is 39.9 Å². The van der Waals surface area contributed by atoms with Crippen LogP contribution in [-0.2, 0) is 0 Å². The van der Waals surface area contributed by atoms with Crippen molar-refractivity contribution in [1.29, 1.82) is 0 Å². The van der Waals surface area contributed by atoms with Gasteiger partial charge < -0.3 is 5.73 Å². The second-order valence-corrected chi connectivity index (χ2v) is 4.28. The fourth-order valence-electron chi connectivity index (χ4n) is 1.09. The van der Waals surface area contributed by atoms with Gasteiger partial charge in [0.15, 0.2) is 0 Å². The fraction of sp³-hybridized carbons (Fsp3) is 0. The molecule has 2 rings (SSSR count). The quantitative estimate of drug-likeness (QED) is 0.874. The van der Waals surface area contributed by atoms with Gasteiger partial charge in [0.05, 0.1) is 0 Å². The number of rotatable bonds is 2. The van der Waals surface area contributed by atoms with Crippen molar-refractivity contribution in [2.45, 2.75) is 0 Å². The van der Waals surface area contributed by atoms with Gasteiger partial charge in [-0.25, -0.2) is 0 Å². The van der Waals surface area contributed by atoms with Crippen LogP contribution >= 0.6 is 22.9 Å². The van der Waals surface area contributed by atoms with Gasteiger partial charge >= 0.3 is 0 Å². The first-order chi connectivity index (χ1) is 7.25. The molecular weight excluding hydrogens is 230 g/mol. The molecule has 0 spiro atoms. The maximum absolute atomic E-state index is 5.99. The summed E-state index contributed by atoms with van der Waals surface area (Å²) in [5.41, 5.74) is 6.41. The van der Waals surface area contributed by atoms with Crippen LogP contribution in [0.5, 0.6) is 0 Å². The van der Waals surface area contributed by atoms with Crippen LogP contribution in [0.4, 0.5) is 5.13 Å². The Bertz CT molecular complexity index is 493. The molecule has 0 aliphatic heterocycles. The lowest BCUT2D eigenvalue weighted by Gasteiger charge is -1.94. The first kappa shape index (κ1) is 10.1. The minimum atomic E-state index is 0.466. The van der Waals surface area contributed by atoms with Crippen LogP contribution in [0.3, 0.4) is 0 Å². The van der Waals surface area contributed by atoms with Gasteiger partial charge in [-0.2, -0.15) is 0 Å². The molecule has 1 aromatic carbocycles. The van der Waals surface area contributed by atoms with E-state index in [1.807, 2.05) is 36.4 Å². The average molecular weight is 238 g/mol. The standard InChI is InChI=1S/C10H8ClN3S/c11-8-4-2-1-3-7(8)5-6-9-13-14-10(12)15-9/h1-6H,(H2,12,14)/b6-5-. The molecule has 5 heteroatoms. The van der Waals surface area contributed by atoms with Crippen LogP contribution in [0.15, 0.2) is 24.3 Å². The van der Waals surface area contributed by atoms with E-state index in [-0.39, 0.29) is 0 Å². The van der Waals surface area contributed by atoms with Crippen molar-refractivity contribution in [2.24, 2.45) is 0 Å². The Kier molecular flexibility index (Phi) is 2.99. The Morgan fingerprint density at radius 2 is 2.00 bits per heavy atom. The van der Waals surface area contributed by atoms with E-state index in [0.29, 0.717) is 10.2 Å². The van der Waals surface area contributed by atoms with Gasteiger partial charge in [-0.15, -0.1) is 10.2 Å². The lowest BCUT2D eigenvalue weighted by Crippen LogP contribution is -1.79. The molecule has 15 heavy (non-hydrogen) atoms. The predicted octanol–water partition coefficient (Wildman–Crippen LogP) is 2.94. The number of aromatic nitrogens is 2. The zero-order valence-corrected chi connectivity index (χ0v) is 9.29. The number of nitrogens with zero attached hydrogens (tertiary/aromatic N) is 2. The van der Waals surface area contributed by atoms with Crippen LogP contribution < -0.4 is 5.73 Å². The minimum Gasteiger partial charge on any atom is -0.374 e. The largest absolute Gasteiger partial charge is 0.374 e. The molecule has 0 fully saturated rings. The first-order valence-corrected chi connectivity index (χ1v) is 5.47. The van der Waals surface area contributed by atoms with E-state index in [1.165, 1.54) is 11.3 Å². The first-order valence-electron chi connectivity index (χ1n) is 4.27. The monoisotopic (exact) mass is 237 g/mol. The van der Waals surface area contributed by atoms with Crippen molar-refractivity contribution in [3.63, 3.8) is 0 Å². The highest BCUT2D eigenvalue weighted by molar-refractivity contribution is 7.15. The maximum atomic E-state index is 5.99. The van der Waals surface area contributed by atoms with Crippen LogP contribution in [-0.4, -0.2) is 10.2 Å². The van der Waals surface area contributed by atoms with E-state index in [0.717, 1.165) is 10.6 Å². The molecule has 76 valence electrons. The SMILES string of the molecule is Nc1nnc(/C=C\c2ccccc2Cl)s1. The minimum absolute atomic E-state index is 0.466. The topological polar surface area (TPSA) is 51.8 Å². The van der Waals surface area contributed by atoms with Crippen molar-refractivity contribution in [2.75, 3.05) is 5.73 Å². The molecule has 1 heterocycles. The van der Waals surface area contributed by atoms with Gasteiger partial charge in [-0.05, 0) is 17.7 Å². The second kappa shape index (κ2) is 4.42. The molecule has 0 atom stereocenters. The molecule has 1 aromatic heterocycles. The molecule has 2 aromatic rings. The molecular formula is C10H8ClN3S. The second-order valence-electron chi connectivity index (χ2n) is 2.83. The lowest BCUT2D eigenvalue weighted by molar-refractivity contribution is 1.09. The van der Waals surface area contributed by atoms with E-state index in [1.54, 1.807) is 0 Å². The number of hydrogen-bond acceptors (Lipinski definition) is 4. The molecule has 2 N–H and O–H groups in total.